The molecule has 1 saturated heterocycles. The lowest BCUT2D eigenvalue weighted by molar-refractivity contribution is -0.116. The number of benzene rings is 3. The van der Waals surface area contributed by atoms with E-state index in [1.807, 2.05) is 54.6 Å². The van der Waals surface area contributed by atoms with Crippen LogP contribution in [0.1, 0.15) is 60.0 Å². The molecule has 0 radical (unpaired) electrons. The van der Waals surface area contributed by atoms with Gasteiger partial charge >= 0.3 is 6.09 Å². The lowest BCUT2D eigenvalue weighted by atomic mass is 9.86. The summed E-state index contributed by atoms with van der Waals surface area (Å²) in [6.45, 7) is 2.77. The van der Waals surface area contributed by atoms with Gasteiger partial charge in [-0.25, -0.2) is 4.79 Å². The Balaban J connectivity index is 1.21. The van der Waals surface area contributed by atoms with Crippen LogP contribution in [0.5, 0.6) is 11.5 Å². The second-order valence-electron chi connectivity index (χ2n) is 12.0. The third-order valence-corrected chi connectivity index (χ3v) is 8.90. The molecule has 252 valence electrons. The third kappa shape index (κ3) is 9.47. The predicted octanol–water partition coefficient (Wildman–Crippen LogP) is 6.24. The van der Waals surface area contributed by atoms with Gasteiger partial charge in [-0.1, -0.05) is 42.5 Å². The highest BCUT2D eigenvalue weighted by molar-refractivity contribution is 5.94. The first-order chi connectivity index (χ1) is 22.9. The number of likely N-dealkylation sites (tertiary alicyclic amines) is 1. The molecule has 47 heavy (non-hydrogen) atoms. The topological polar surface area (TPSA) is 116 Å². The average molecular weight is 647 g/mol. The maximum atomic E-state index is 12.1. The van der Waals surface area contributed by atoms with E-state index >= 15 is 0 Å². The number of hydrogen-bond donors (Lipinski definition) is 2. The number of anilines is 1. The zero-order valence-corrected chi connectivity index (χ0v) is 27.3. The van der Waals surface area contributed by atoms with Crippen LogP contribution >= 0.6 is 0 Å². The van der Waals surface area contributed by atoms with Crippen molar-refractivity contribution >= 4 is 17.7 Å². The number of nitrogens with zero attached hydrogens (tertiary/aromatic N) is 1. The molecule has 0 aromatic heterocycles. The molecule has 0 spiro atoms. The Morgan fingerprint density at radius 1 is 1.00 bits per heavy atom. The molecule has 2 heterocycles. The maximum Gasteiger partial charge on any atom is 0.407 e. The van der Waals surface area contributed by atoms with Gasteiger partial charge in [0.25, 0.3) is 0 Å². The van der Waals surface area contributed by atoms with Crippen LogP contribution in [-0.2, 0) is 31.8 Å². The molecule has 3 unspecified atom stereocenters. The first-order valence-corrected chi connectivity index (χ1v) is 16.4. The highest BCUT2D eigenvalue weighted by Gasteiger charge is 2.35. The van der Waals surface area contributed by atoms with E-state index in [9.17, 15) is 14.7 Å². The van der Waals surface area contributed by atoms with Crippen molar-refractivity contribution in [1.29, 1.82) is 0 Å². The molecule has 2 amide bonds. The van der Waals surface area contributed by atoms with Gasteiger partial charge in [0.2, 0.25) is 5.91 Å². The summed E-state index contributed by atoms with van der Waals surface area (Å²) in [5.41, 5.74) is 5.08. The molecular weight excluding hydrogens is 600 g/mol. The number of aryl methyl sites for hydroxylation is 1. The minimum absolute atomic E-state index is 0.000200. The average Bonchev–Trinajstić information content (AvgIpc) is 3.09. The van der Waals surface area contributed by atoms with Crippen molar-refractivity contribution < 1.29 is 38.4 Å². The molecule has 0 bridgehead atoms. The molecule has 2 aliphatic heterocycles. The highest BCUT2D eigenvalue weighted by Crippen LogP contribution is 2.37. The fourth-order valence-electron chi connectivity index (χ4n) is 6.36. The van der Waals surface area contributed by atoms with E-state index in [1.54, 1.807) is 14.2 Å². The number of fused-ring (bicyclic) bond motifs is 1. The molecule has 3 atom stereocenters. The van der Waals surface area contributed by atoms with Crippen LogP contribution in [-0.4, -0.2) is 81.8 Å². The third-order valence-electron chi connectivity index (χ3n) is 8.90. The normalized spacial score (nSPS) is 18.3. The van der Waals surface area contributed by atoms with Crippen LogP contribution in [0, 0.1) is 0 Å². The fourth-order valence-corrected chi connectivity index (χ4v) is 6.36. The Kier molecular flexibility index (Phi) is 12.5. The van der Waals surface area contributed by atoms with Crippen LogP contribution in [0.4, 0.5) is 10.5 Å². The second-order valence-corrected chi connectivity index (χ2v) is 12.0. The largest absolute Gasteiger partial charge is 0.496 e. The molecule has 10 heteroatoms. The van der Waals surface area contributed by atoms with Crippen molar-refractivity contribution in [2.45, 2.75) is 56.7 Å². The monoisotopic (exact) mass is 646 g/mol. The molecule has 10 nitrogen and oxygen atoms in total. The van der Waals surface area contributed by atoms with Gasteiger partial charge in [0.1, 0.15) is 18.1 Å². The number of nitrogens with one attached hydrogen (secondary N) is 1. The molecule has 5 rings (SSSR count). The van der Waals surface area contributed by atoms with Crippen LogP contribution in [0.2, 0.25) is 0 Å². The smallest absolute Gasteiger partial charge is 0.407 e. The van der Waals surface area contributed by atoms with Crippen molar-refractivity contribution in [3.63, 3.8) is 0 Å². The summed E-state index contributed by atoms with van der Waals surface area (Å²) in [4.78, 5) is 25.5. The predicted molar refractivity (Wildman–Crippen MR) is 179 cm³/mol. The summed E-state index contributed by atoms with van der Waals surface area (Å²) >= 11 is 0. The van der Waals surface area contributed by atoms with Crippen LogP contribution in [0.25, 0.3) is 0 Å². The van der Waals surface area contributed by atoms with Gasteiger partial charge in [0.05, 0.1) is 39.1 Å². The minimum Gasteiger partial charge on any atom is -0.496 e. The lowest BCUT2D eigenvalue weighted by Gasteiger charge is -2.39. The van der Waals surface area contributed by atoms with Gasteiger partial charge in [-0.05, 0) is 78.6 Å². The number of carboxylic acid groups (broad SMARTS) is 1. The van der Waals surface area contributed by atoms with E-state index in [-0.39, 0.29) is 30.6 Å². The van der Waals surface area contributed by atoms with Crippen molar-refractivity contribution in [2.75, 3.05) is 59.1 Å². The molecule has 1 fully saturated rings. The van der Waals surface area contributed by atoms with Gasteiger partial charge < -0.3 is 39.0 Å². The van der Waals surface area contributed by atoms with Crippen molar-refractivity contribution in [3.8, 4) is 11.5 Å². The van der Waals surface area contributed by atoms with Crippen molar-refractivity contribution in [1.82, 2.24) is 4.90 Å². The first kappa shape index (κ1) is 34.2. The number of piperidine rings is 1. The Morgan fingerprint density at radius 2 is 1.83 bits per heavy atom. The van der Waals surface area contributed by atoms with E-state index in [2.05, 4.69) is 17.4 Å². The molecule has 0 saturated carbocycles. The molecule has 3 aromatic rings. The number of carbonyl (C=O) groups is 2. The molecule has 2 N–H and O–H groups in total. The quantitative estimate of drug-likeness (QED) is 0.176. The van der Waals surface area contributed by atoms with E-state index in [0.29, 0.717) is 58.7 Å². The number of hydrogen-bond acceptors (Lipinski definition) is 7. The van der Waals surface area contributed by atoms with E-state index in [0.717, 1.165) is 52.3 Å². The van der Waals surface area contributed by atoms with Gasteiger partial charge in [-0.2, -0.15) is 0 Å². The van der Waals surface area contributed by atoms with E-state index in [4.69, 9.17) is 23.7 Å². The number of carbonyl (C=O) groups excluding carboxylic acids is 1. The van der Waals surface area contributed by atoms with Crippen molar-refractivity contribution in [3.05, 3.63) is 89.0 Å². The summed E-state index contributed by atoms with van der Waals surface area (Å²) < 4.78 is 29.3. The van der Waals surface area contributed by atoms with Gasteiger partial charge in [0.15, 0.2) is 0 Å². The zero-order chi connectivity index (χ0) is 33.0. The number of methoxy groups -OCH3 is 2. The van der Waals surface area contributed by atoms with E-state index < -0.39 is 6.09 Å². The summed E-state index contributed by atoms with van der Waals surface area (Å²) in [7, 11) is 3.35. The van der Waals surface area contributed by atoms with Crippen LogP contribution in [0.15, 0.2) is 66.7 Å². The lowest BCUT2D eigenvalue weighted by Crippen LogP contribution is -2.46. The number of ether oxygens (including phenoxy) is 5. The van der Waals surface area contributed by atoms with Gasteiger partial charge in [-0.15, -0.1) is 0 Å². The Morgan fingerprint density at radius 3 is 2.62 bits per heavy atom. The summed E-state index contributed by atoms with van der Waals surface area (Å²) in [5.74, 6) is 1.63. The summed E-state index contributed by atoms with van der Waals surface area (Å²) in [5, 5.41) is 12.8. The highest BCUT2D eigenvalue weighted by atomic mass is 16.5. The van der Waals surface area contributed by atoms with Crippen LogP contribution in [0.3, 0.4) is 0 Å². The number of rotatable bonds is 16. The Labute approximate surface area is 276 Å². The standard InChI is InChI=1S/C37H46N2O8/c1-43-20-5-8-34(29-10-9-27-13-16-36(40)38-32(27)24-29)47-35-25-39(37(41)42)19-17-31(35)26-11-14-30(15-12-26)46-23-22-45-21-18-28-6-3-4-7-33(28)44-2/h3-4,6-7,9-12,14-15,24,31,34-35H,5,8,13,16-23,25H2,1-2H3,(H,38,40)(H,41,42). The molecule has 0 aliphatic carbocycles. The SMILES string of the molecule is COCCCC(OC1CN(C(=O)O)CCC1c1ccc(OCCOCCc2ccccc2OC)cc1)c1ccc2c(c1)NC(=O)CC2. The Bertz CT molecular complexity index is 1460. The van der Waals surface area contributed by atoms with Gasteiger partial charge in [0, 0.05) is 38.3 Å². The van der Waals surface area contributed by atoms with Crippen LogP contribution < -0.4 is 14.8 Å². The summed E-state index contributed by atoms with van der Waals surface area (Å²) in [6.07, 6.45) is 2.48. The summed E-state index contributed by atoms with van der Waals surface area (Å²) in [6, 6.07) is 22.1. The minimum atomic E-state index is -0.946. The Hall–Kier alpha value is -4.12. The number of amides is 2. The molecule has 3 aromatic carbocycles. The van der Waals surface area contributed by atoms with Gasteiger partial charge in [-0.3, -0.25) is 4.79 Å². The zero-order valence-electron chi connectivity index (χ0n) is 27.3. The maximum absolute atomic E-state index is 12.1. The fraction of sp³-hybridized carbons (Fsp3) is 0.459. The van der Waals surface area contributed by atoms with E-state index in [1.165, 1.54) is 4.90 Å². The first-order valence-electron chi connectivity index (χ1n) is 16.4. The van der Waals surface area contributed by atoms with Crippen molar-refractivity contribution in [2.24, 2.45) is 0 Å². The molecular formula is C37H46N2O8. The number of para-hydroxylation sites is 1. The molecule has 2 aliphatic rings. The second kappa shape index (κ2) is 17.2.